The SMILES string of the molecule is O=C1c2c(Nc3ncc(C(F)(F)F)cn3)cccc2OC[C@@H]2CCCN12. The molecule has 1 aromatic carbocycles. The predicted octanol–water partition coefficient (Wildman–Crippen LogP) is 3.24. The summed E-state index contributed by atoms with van der Waals surface area (Å²) in [6.07, 6.45) is -1.29. The Bertz CT molecular complexity index is 839. The maximum atomic E-state index is 12.9. The van der Waals surface area contributed by atoms with E-state index in [4.69, 9.17) is 4.74 Å². The van der Waals surface area contributed by atoms with Crippen molar-refractivity contribution >= 4 is 17.5 Å². The average molecular weight is 364 g/mol. The molecule has 1 saturated heterocycles. The van der Waals surface area contributed by atoms with Crippen LogP contribution in [0.1, 0.15) is 28.8 Å². The highest BCUT2D eigenvalue weighted by Gasteiger charge is 2.36. The van der Waals surface area contributed by atoms with E-state index in [9.17, 15) is 18.0 Å². The van der Waals surface area contributed by atoms with E-state index in [0.717, 1.165) is 12.8 Å². The third kappa shape index (κ3) is 2.93. The molecule has 2 aromatic rings. The van der Waals surface area contributed by atoms with Crippen molar-refractivity contribution < 1.29 is 22.7 Å². The van der Waals surface area contributed by atoms with Crippen molar-refractivity contribution in [3.05, 3.63) is 41.7 Å². The molecule has 1 aromatic heterocycles. The normalized spacial score (nSPS) is 19.4. The fourth-order valence-electron chi connectivity index (χ4n) is 3.24. The van der Waals surface area contributed by atoms with Crippen molar-refractivity contribution in [3.8, 4) is 5.75 Å². The van der Waals surface area contributed by atoms with Gasteiger partial charge < -0.3 is 15.0 Å². The number of ether oxygens (including phenoxy) is 1. The molecule has 1 amide bonds. The lowest BCUT2D eigenvalue weighted by molar-refractivity contribution is -0.138. The molecule has 0 saturated carbocycles. The van der Waals surface area contributed by atoms with E-state index in [1.165, 1.54) is 0 Å². The van der Waals surface area contributed by atoms with E-state index in [2.05, 4.69) is 15.3 Å². The molecule has 3 heterocycles. The number of nitrogens with zero attached hydrogens (tertiary/aromatic N) is 3. The van der Waals surface area contributed by atoms with Crippen LogP contribution in [0.3, 0.4) is 0 Å². The van der Waals surface area contributed by atoms with Crippen LogP contribution in [0.15, 0.2) is 30.6 Å². The molecular weight excluding hydrogens is 349 g/mol. The van der Waals surface area contributed by atoms with Crippen LogP contribution in [0.25, 0.3) is 0 Å². The number of anilines is 2. The third-order valence-corrected chi connectivity index (χ3v) is 4.53. The van der Waals surface area contributed by atoms with Gasteiger partial charge in [-0.1, -0.05) is 6.07 Å². The number of rotatable bonds is 2. The maximum Gasteiger partial charge on any atom is 0.419 e. The molecule has 1 fully saturated rings. The number of hydrogen-bond donors (Lipinski definition) is 1. The minimum Gasteiger partial charge on any atom is -0.491 e. The first-order valence-electron chi connectivity index (χ1n) is 8.16. The molecule has 26 heavy (non-hydrogen) atoms. The van der Waals surface area contributed by atoms with Gasteiger partial charge in [-0.05, 0) is 25.0 Å². The first-order valence-corrected chi connectivity index (χ1v) is 8.16. The molecule has 136 valence electrons. The van der Waals surface area contributed by atoms with Crippen LogP contribution in [0.2, 0.25) is 0 Å². The van der Waals surface area contributed by atoms with Crippen LogP contribution in [-0.2, 0) is 6.18 Å². The number of alkyl halides is 3. The van der Waals surface area contributed by atoms with Crippen molar-refractivity contribution in [2.45, 2.75) is 25.1 Å². The van der Waals surface area contributed by atoms with Crippen LogP contribution in [0.5, 0.6) is 5.75 Å². The summed E-state index contributed by atoms with van der Waals surface area (Å²) in [5.74, 6) is 0.262. The number of nitrogens with one attached hydrogen (secondary N) is 1. The molecule has 1 N–H and O–H groups in total. The molecule has 2 aliphatic rings. The molecule has 6 nitrogen and oxygen atoms in total. The highest BCUT2D eigenvalue weighted by atomic mass is 19.4. The predicted molar refractivity (Wildman–Crippen MR) is 86.3 cm³/mol. The standard InChI is InChI=1S/C17H15F3N4O2/c18-17(19,20)10-7-21-16(22-8-10)23-12-4-1-5-13-14(12)15(25)24-6-2-3-11(24)9-26-13/h1,4-5,7-8,11H,2-3,6,9H2,(H,21,22,23)/t11-/m0/s1. The maximum absolute atomic E-state index is 12.9. The largest absolute Gasteiger partial charge is 0.491 e. The number of amides is 1. The summed E-state index contributed by atoms with van der Waals surface area (Å²) in [6, 6.07) is 5.10. The lowest BCUT2D eigenvalue weighted by Gasteiger charge is -2.21. The fraction of sp³-hybridized carbons (Fsp3) is 0.353. The van der Waals surface area contributed by atoms with Crippen molar-refractivity contribution in [2.24, 2.45) is 0 Å². The second-order valence-corrected chi connectivity index (χ2v) is 6.20. The second kappa shape index (κ2) is 6.15. The Morgan fingerprint density at radius 3 is 2.73 bits per heavy atom. The van der Waals surface area contributed by atoms with Crippen molar-refractivity contribution in [1.29, 1.82) is 0 Å². The van der Waals surface area contributed by atoms with Gasteiger partial charge in [-0.2, -0.15) is 13.2 Å². The van der Waals surface area contributed by atoms with Crippen molar-refractivity contribution in [1.82, 2.24) is 14.9 Å². The highest BCUT2D eigenvalue weighted by Crippen LogP contribution is 2.35. The van der Waals surface area contributed by atoms with Gasteiger partial charge in [0.2, 0.25) is 5.95 Å². The third-order valence-electron chi connectivity index (χ3n) is 4.53. The number of carbonyl (C=O) groups is 1. The van der Waals surface area contributed by atoms with Gasteiger partial charge in [0.15, 0.2) is 0 Å². The number of hydrogen-bond acceptors (Lipinski definition) is 5. The summed E-state index contributed by atoms with van der Waals surface area (Å²) in [5, 5.41) is 2.83. The quantitative estimate of drug-likeness (QED) is 0.886. The Balaban J connectivity index is 1.65. The summed E-state index contributed by atoms with van der Waals surface area (Å²) in [6.45, 7) is 1.09. The molecular formula is C17H15F3N4O2. The zero-order valence-corrected chi connectivity index (χ0v) is 13.6. The van der Waals surface area contributed by atoms with Crippen LogP contribution in [-0.4, -0.2) is 40.0 Å². The molecule has 4 rings (SSSR count). The van der Waals surface area contributed by atoms with E-state index in [0.29, 0.717) is 42.5 Å². The second-order valence-electron chi connectivity index (χ2n) is 6.20. The van der Waals surface area contributed by atoms with Gasteiger partial charge in [-0.25, -0.2) is 9.97 Å². The minimum atomic E-state index is -4.50. The Labute approximate surface area is 147 Å². The Morgan fingerprint density at radius 1 is 1.23 bits per heavy atom. The van der Waals surface area contributed by atoms with Gasteiger partial charge in [0.05, 0.1) is 17.3 Å². The van der Waals surface area contributed by atoms with E-state index in [1.807, 2.05) is 0 Å². The van der Waals surface area contributed by atoms with Crippen LogP contribution in [0, 0.1) is 0 Å². The van der Waals surface area contributed by atoms with Gasteiger partial charge >= 0.3 is 6.18 Å². The van der Waals surface area contributed by atoms with Gasteiger partial charge in [0, 0.05) is 18.9 Å². The molecule has 0 unspecified atom stereocenters. The molecule has 9 heteroatoms. The Kier molecular flexibility index (Phi) is 3.93. The number of carbonyl (C=O) groups excluding carboxylic acids is 1. The Hall–Kier alpha value is -2.84. The zero-order valence-electron chi connectivity index (χ0n) is 13.6. The summed E-state index contributed by atoms with van der Waals surface area (Å²) >= 11 is 0. The van der Waals surface area contributed by atoms with Crippen LogP contribution >= 0.6 is 0 Å². The molecule has 2 aliphatic heterocycles. The Morgan fingerprint density at radius 2 is 2.00 bits per heavy atom. The number of halogens is 3. The summed E-state index contributed by atoms with van der Waals surface area (Å²) in [7, 11) is 0. The van der Waals surface area contributed by atoms with E-state index in [1.54, 1.807) is 23.1 Å². The van der Waals surface area contributed by atoms with Gasteiger partial charge in [0.25, 0.3) is 5.91 Å². The number of benzene rings is 1. The van der Waals surface area contributed by atoms with E-state index < -0.39 is 11.7 Å². The smallest absolute Gasteiger partial charge is 0.419 e. The molecule has 0 radical (unpaired) electrons. The number of aromatic nitrogens is 2. The minimum absolute atomic E-state index is 0.0265. The van der Waals surface area contributed by atoms with Crippen molar-refractivity contribution in [3.63, 3.8) is 0 Å². The van der Waals surface area contributed by atoms with Crippen molar-refractivity contribution in [2.75, 3.05) is 18.5 Å². The molecule has 1 atom stereocenters. The molecule has 0 bridgehead atoms. The van der Waals surface area contributed by atoms with Crippen LogP contribution in [0.4, 0.5) is 24.8 Å². The number of fused-ring (bicyclic) bond motifs is 2. The van der Waals surface area contributed by atoms with E-state index in [-0.39, 0.29) is 17.9 Å². The first kappa shape index (κ1) is 16.6. The van der Waals surface area contributed by atoms with Crippen LogP contribution < -0.4 is 10.1 Å². The van der Waals surface area contributed by atoms with Gasteiger partial charge in [0.1, 0.15) is 17.9 Å². The lowest BCUT2D eigenvalue weighted by Crippen LogP contribution is -2.36. The summed E-state index contributed by atoms with van der Waals surface area (Å²) < 4.78 is 43.7. The topological polar surface area (TPSA) is 67.3 Å². The molecule has 0 aliphatic carbocycles. The zero-order chi connectivity index (χ0) is 18.3. The first-order chi connectivity index (χ1) is 12.4. The molecule has 0 spiro atoms. The fourth-order valence-corrected chi connectivity index (χ4v) is 3.24. The summed E-state index contributed by atoms with van der Waals surface area (Å²) in [5.41, 5.74) is -0.186. The summed E-state index contributed by atoms with van der Waals surface area (Å²) in [4.78, 5) is 22.1. The average Bonchev–Trinajstić information content (AvgIpc) is 3.03. The monoisotopic (exact) mass is 364 g/mol. The van der Waals surface area contributed by atoms with Gasteiger partial charge in [-0.15, -0.1) is 0 Å². The highest BCUT2D eigenvalue weighted by molar-refractivity contribution is 6.03. The van der Waals surface area contributed by atoms with Gasteiger partial charge in [-0.3, -0.25) is 4.79 Å². The van der Waals surface area contributed by atoms with E-state index >= 15 is 0 Å². The lowest BCUT2D eigenvalue weighted by atomic mass is 10.1.